The number of nitrogens with two attached hydrogens (primary N) is 2. The molecular formula is C7H12N4. The van der Waals surface area contributed by atoms with E-state index >= 15 is 0 Å². The number of nitrogens with zero attached hydrogens (tertiary/aromatic N) is 2. The minimum Gasteiger partial charge on any atom is -0.368 e. The summed E-state index contributed by atoms with van der Waals surface area (Å²) in [6.07, 6.45) is 1.67. The molecule has 1 rings (SSSR count). The van der Waals surface area contributed by atoms with Gasteiger partial charge in [-0.15, -0.1) is 0 Å². The van der Waals surface area contributed by atoms with Crippen LogP contribution in [0.2, 0.25) is 0 Å². The summed E-state index contributed by atoms with van der Waals surface area (Å²) >= 11 is 0. The van der Waals surface area contributed by atoms with Crippen LogP contribution in [0.15, 0.2) is 6.20 Å². The van der Waals surface area contributed by atoms with Crippen molar-refractivity contribution in [1.29, 1.82) is 0 Å². The van der Waals surface area contributed by atoms with Crippen LogP contribution in [0, 0.1) is 6.92 Å². The third kappa shape index (κ3) is 1.65. The normalized spacial score (nSPS) is 13.0. The Balaban J connectivity index is 3.09. The molecule has 0 saturated heterocycles. The van der Waals surface area contributed by atoms with Crippen molar-refractivity contribution in [3.63, 3.8) is 0 Å². The predicted octanol–water partition coefficient (Wildman–Crippen LogP) is 0.387. The van der Waals surface area contributed by atoms with Crippen LogP contribution < -0.4 is 11.5 Å². The largest absolute Gasteiger partial charge is 0.368 e. The van der Waals surface area contributed by atoms with E-state index in [-0.39, 0.29) is 6.04 Å². The van der Waals surface area contributed by atoms with Crippen molar-refractivity contribution in [2.45, 2.75) is 19.9 Å². The lowest BCUT2D eigenvalue weighted by Gasteiger charge is -2.07. The molecule has 60 valence electrons. The van der Waals surface area contributed by atoms with Gasteiger partial charge in [-0.1, -0.05) is 0 Å². The van der Waals surface area contributed by atoms with Crippen molar-refractivity contribution in [3.05, 3.63) is 17.5 Å². The lowest BCUT2D eigenvalue weighted by Crippen LogP contribution is -2.09. The lowest BCUT2D eigenvalue weighted by molar-refractivity contribution is 0.791. The van der Waals surface area contributed by atoms with Crippen molar-refractivity contribution < 1.29 is 0 Å². The molecule has 0 fully saturated rings. The van der Waals surface area contributed by atoms with Gasteiger partial charge in [-0.2, -0.15) is 0 Å². The van der Waals surface area contributed by atoms with E-state index < -0.39 is 0 Å². The molecule has 0 unspecified atom stereocenters. The molecule has 4 heteroatoms. The molecule has 0 saturated carbocycles. The third-order valence-corrected chi connectivity index (χ3v) is 1.53. The number of hydrogen-bond acceptors (Lipinski definition) is 4. The van der Waals surface area contributed by atoms with Crippen LogP contribution in [0.1, 0.15) is 24.2 Å². The first kappa shape index (κ1) is 7.94. The van der Waals surface area contributed by atoms with Crippen molar-refractivity contribution in [2.24, 2.45) is 5.73 Å². The summed E-state index contributed by atoms with van der Waals surface area (Å²) in [6.45, 7) is 3.76. The van der Waals surface area contributed by atoms with E-state index in [0.717, 1.165) is 11.3 Å². The van der Waals surface area contributed by atoms with E-state index in [0.29, 0.717) is 5.95 Å². The lowest BCUT2D eigenvalue weighted by atomic mass is 10.1. The van der Waals surface area contributed by atoms with E-state index in [9.17, 15) is 0 Å². The zero-order valence-electron chi connectivity index (χ0n) is 6.70. The van der Waals surface area contributed by atoms with Crippen LogP contribution in [0.3, 0.4) is 0 Å². The zero-order valence-corrected chi connectivity index (χ0v) is 6.70. The summed E-state index contributed by atoms with van der Waals surface area (Å²) in [5, 5.41) is 0. The highest BCUT2D eigenvalue weighted by Crippen LogP contribution is 2.11. The first-order valence-corrected chi connectivity index (χ1v) is 3.46. The van der Waals surface area contributed by atoms with Gasteiger partial charge in [-0.05, 0) is 13.8 Å². The highest BCUT2D eigenvalue weighted by Gasteiger charge is 2.04. The number of hydrogen-bond donors (Lipinski definition) is 2. The number of aromatic nitrogens is 2. The zero-order chi connectivity index (χ0) is 8.43. The summed E-state index contributed by atoms with van der Waals surface area (Å²) < 4.78 is 0. The number of nitrogen functional groups attached to an aromatic ring is 1. The Bertz CT molecular complexity index is 257. The molecule has 0 aliphatic heterocycles. The molecule has 0 aromatic carbocycles. The molecule has 1 aromatic heterocycles. The molecule has 0 aliphatic carbocycles. The minimum atomic E-state index is -0.0319. The van der Waals surface area contributed by atoms with Crippen molar-refractivity contribution in [3.8, 4) is 0 Å². The van der Waals surface area contributed by atoms with Gasteiger partial charge in [0, 0.05) is 23.5 Å². The molecule has 4 N–H and O–H groups in total. The predicted molar refractivity (Wildman–Crippen MR) is 43.8 cm³/mol. The van der Waals surface area contributed by atoms with Gasteiger partial charge in [0.15, 0.2) is 0 Å². The van der Waals surface area contributed by atoms with E-state index in [1.165, 1.54) is 0 Å². The molecule has 1 aromatic rings. The van der Waals surface area contributed by atoms with E-state index in [1.54, 1.807) is 6.20 Å². The molecule has 11 heavy (non-hydrogen) atoms. The summed E-state index contributed by atoms with van der Waals surface area (Å²) in [6, 6.07) is -0.0319. The van der Waals surface area contributed by atoms with Gasteiger partial charge in [0.25, 0.3) is 0 Å². The second kappa shape index (κ2) is 2.84. The smallest absolute Gasteiger partial charge is 0.220 e. The fraction of sp³-hybridized carbons (Fsp3) is 0.429. The SMILES string of the molecule is Cc1nc(N)ncc1[C@@H](C)N. The maximum Gasteiger partial charge on any atom is 0.220 e. The van der Waals surface area contributed by atoms with Gasteiger partial charge in [0.05, 0.1) is 0 Å². The molecule has 1 atom stereocenters. The first-order valence-electron chi connectivity index (χ1n) is 3.46. The molecule has 0 spiro atoms. The van der Waals surface area contributed by atoms with Crippen LogP contribution in [0.5, 0.6) is 0 Å². The maximum atomic E-state index is 5.64. The van der Waals surface area contributed by atoms with Gasteiger partial charge < -0.3 is 11.5 Å². The maximum absolute atomic E-state index is 5.64. The second-order valence-electron chi connectivity index (χ2n) is 2.56. The second-order valence-corrected chi connectivity index (χ2v) is 2.56. The van der Waals surface area contributed by atoms with Crippen LogP contribution in [-0.2, 0) is 0 Å². The van der Waals surface area contributed by atoms with Crippen LogP contribution >= 0.6 is 0 Å². The molecule has 4 nitrogen and oxygen atoms in total. The Labute approximate surface area is 65.6 Å². The Morgan fingerprint density at radius 3 is 2.64 bits per heavy atom. The molecular weight excluding hydrogens is 140 g/mol. The van der Waals surface area contributed by atoms with Crippen molar-refractivity contribution >= 4 is 5.95 Å². The Morgan fingerprint density at radius 2 is 2.18 bits per heavy atom. The average molecular weight is 152 g/mol. The fourth-order valence-electron chi connectivity index (χ4n) is 0.941. The van der Waals surface area contributed by atoms with E-state index in [2.05, 4.69) is 9.97 Å². The molecule has 0 amide bonds. The topological polar surface area (TPSA) is 77.8 Å². The molecule has 0 aliphatic rings. The van der Waals surface area contributed by atoms with Crippen LogP contribution in [-0.4, -0.2) is 9.97 Å². The number of aryl methyl sites for hydroxylation is 1. The van der Waals surface area contributed by atoms with Gasteiger partial charge in [0.1, 0.15) is 0 Å². The van der Waals surface area contributed by atoms with E-state index in [4.69, 9.17) is 11.5 Å². The summed E-state index contributed by atoms with van der Waals surface area (Å²) in [5.41, 5.74) is 12.8. The molecule has 0 bridgehead atoms. The van der Waals surface area contributed by atoms with Gasteiger partial charge in [-0.3, -0.25) is 0 Å². The minimum absolute atomic E-state index is 0.0319. The third-order valence-electron chi connectivity index (χ3n) is 1.53. The first-order chi connectivity index (χ1) is 5.11. The summed E-state index contributed by atoms with van der Waals surface area (Å²) in [7, 11) is 0. The fourth-order valence-corrected chi connectivity index (χ4v) is 0.941. The van der Waals surface area contributed by atoms with Crippen LogP contribution in [0.4, 0.5) is 5.95 Å². The van der Waals surface area contributed by atoms with E-state index in [1.807, 2.05) is 13.8 Å². The van der Waals surface area contributed by atoms with Crippen molar-refractivity contribution in [1.82, 2.24) is 9.97 Å². The number of anilines is 1. The Kier molecular flexibility index (Phi) is 2.05. The average Bonchev–Trinajstić information content (AvgIpc) is 1.85. The standard InChI is InChI=1S/C7H12N4/c1-4(8)6-3-10-7(9)11-5(6)2/h3-4H,8H2,1-2H3,(H2,9,10,11)/t4-/m1/s1. The highest BCUT2D eigenvalue weighted by atomic mass is 15.0. The highest BCUT2D eigenvalue weighted by molar-refractivity contribution is 5.25. The Hall–Kier alpha value is -1.16. The Morgan fingerprint density at radius 1 is 1.55 bits per heavy atom. The summed E-state index contributed by atoms with van der Waals surface area (Å²) in [4.78, 5) is 7.83. The summed E-state index contributed by atoms with van der Waals surface area (Å²) in [5.74, 6) is 0.298. The quantitative estimate of drug-likeness (QED) is 0.610. The molecule has 0 radical (unpaired) electrons. The number of rotatable bonds is 1. The van der Waals surface area contributed by atoms with Crippen LogP contribution in [0.25, 0.3) is 0 Å². The van der Waals surface area contributed by atoms with Crippen molar-refractivity contribution in [2.75, 3.05) is 5.73 Å². The molecule has 1 heterocycles. The van der Waals surface area contributed by atoms with Gasteiger partial charge >= 0.3 is 0 Å². The van der Waals surface area contributed by atoms with Gasteiger partial charge in [0.2, 0.25) is 5.95 Å². The van der Waals surface area contributed by atoms with Gasteiger partial charge in [-0.25, -0.2) is 9.97 Å². The monoisotopic (exact) mass is 152 g/mol.